The summed E-state index contributed by atoms with van der Waals surface area (Å²) < 4.78 is 15.0. The molecule has 0 spiro atoms. The molecule has 0 saturated carbocycles. The second-order valence-electron chi connectivity index (χ2n) is 4.73. The van der Waals surface area contributed by atoms with Gasteiger partial charge in [-0.2, -0.15) is 5.10 Å². The molecule has 4 heteroatoms. The molecule has 2 aromatic rings. The summed E-state index contributed by atoms with van der Waals surface area (Å²) in [5, 5.41) is 7.50. The Hall–Kier alpha value is -1.84. The van der Waals surface area contributed by atoms with Gasteiger partial charge >= 0.3 is 0 Å². The van der Waals surface area contributed by atoms with Crippen molar-refractivity contribution in [2.45, 2.75) is 33.4 Å². The van der Waals surface area contributed by atoms with Gasteiger partial charge in [0, 0.05) is 18.8 Å². The molecule has 18 heavy (non-hydrogen) atoms. The van der Waals surface area contributed by atoms with Crippen LogP contribution in [-0.2, 0) is 6.54 Å². The summed E-state index contributed by atoms with van der Waals surface area (Å²) in [6.45, 7) is 6.74. The van der Waals surface area contributed by atoms with Crippen LogP contribution in [-0.4, -0.2) is 9.78 Å². The maximum atomic E-state index is 13.1. The zero-order chi connectivity index (χ0) is 13.1. The van der Waals surface area contributed by atoms with E-state index >= 15 is 0 Å². The summed E-state index contributed by atoms with van der Waals surface area (Å²) in [6, 6.07) is 5.19. The van der Waals surface area contributed by atoms with Crippen molar-refractivity contribution < 1.29 is 4.39 Å². The lowest BCUT2D eigenvalue weighted by Crippen LogP contribution is -2.02. The van der Waals surface area contributed by atoms with Crippen molar-refractivity contribution in [3.63, 3.8) is 0 Å². The molecule has 1 aromatic carbocycles. The summed E-state index contributed by atoms with van der Waals surface area (Å²) in [6.07, 6.45) is 3.74. The summed E-state index contributed by atoms with van der Waals surface area (Å²) in [7, 11) is 0. The molecule has 0 aliphatic carbocycles. The van der Waals surface area contributed by atoms with Gasteiger partial charge in [-0.25, -0.2) is 4.39 Å². The SMILES string of the molecule is Cc1ccc(F)cc1CNc1cnn(C(C)C)c1. The molecule has 0 bridgehead atoms. The van der Waals surface area contributed by atoms with E-state index in [1.165, 1.54) is 6.07 Å². The quantitative estimate of drug-likeness (QED) is 0.895. The van der Waals surface area contributed by atoms with Gasteiger partial charge in [-0.1, -0.05) is 6.07 Å². The van der Waals surface area contributed by atoms with Crippen LogP contribution in [0.3, 0.4) is 0 Å². The molecule has 3 nitrogen and oxygen atoms in total. The van der Waals surface area contributed by atoms with Crippen molar-refractivity contribution in [2.24, 2.45) is 0 Å². The maximum Gasteiger partial charge on any atom is 0.123 e. The number of anilines is 1. The zero-order valence-electron chi connectivity index (χ0n) is 10.9. The fraction of sp³-hybridized carbons (Fsp3) is 0.357. The van der Waals surface area contributed by atoms with E-state index < -0.39 is 0 Å². The molecule has 0 radical (unpaired) electrons. The standard InChI is InChI=1S/C14H18FN3/c1-10(2)18-9-14(8-17-18)16-7-12-6-13(15)5-4-11(12)3/h4-6,8-10,16H,7H2,1-3H3. The van der Waals surface area contributed by atoms with Crippen molar-refractivity contribution >= 4 is 5.69 Å². The highest BCUT2D eigenvalue weighted by Crippen LogP contribution is 2.14. The van der Waals surface area contributed by atoms with Crippen LogP contribution in [0.15, 0.2) is 30.6 Å². The van der Waals surface area contributed by atoms with E-state index in [0.717, 1.165) is 16.8 Å². The molecule has 0 atom stereocenters. The van der Waals surface area contributed by atoms with Crippen LogP contribution in [0, 0.1) is 12.7 Å². The molecule has 0 amide bonds. The van der Waals surface area contributed by atoms with Gasteiger partial charge in [-0.3, -0.25) is 4.68 Å². The van der Waals surface area contributed by atoms with Gasteiger partial charge in [0.1, 0.15) is 5.82 Å². The number of nitrogens with zero attached hydrogens (tertiary/aromatic N) is 2. The monoisotopic (exact) mass is 247 g/mol. The predicted octanol–water partition coefficient (Wildman–Crippen LogP) is 3.52. The molecule has 0 aliphatic heterocycles. The number of hydrogen-bond donors (Lipinski definition) is 1. The van der Waals surface area contributed by atoms with Gasteiger partial charge in [-0.15, -0.1) is 0 Å². The normalized spacial score (nSPS) is 10.9. The Labute approximate surface area is 107 Å². The van der Waals surface area contributed by atoms with E-state index in [2.05, 4.69) is 24.3 Å². The smallest absolute Gasteiger partial charge is 0.123 e. The third kappa shape index (κ3) is 2.88. The first kappa shape index (κ1) is 12.6. The van der Waals surface area contributed by atoms with Crippen LogP contribution in [0.1, 0.15) is 31.0 Å². The lowest BCUT2D eigenvalue weighted by molar-refractivity contribution is 0.532. The predicted molar refractivity (Wildman–Crippen MR) is 71.1 cm³/mol. The second kappa shape index (κ2) is 5.21. The summed E-state index contributed by atoms with van der Waals surface area (Å²) in [4.78, 5) is 0. The first-order valence-corrected chi connectivity index (χ1v) is 6.09. The average molecular weight is 247 g/mol. The summed E-state index contributed by atoms with van der Waals surface area (Å²) in [5.41, 5.74) is 3.00. The first-order valence-electron chi connectivity index (χ1n) is 6.09. The minimum atomic E-state index is -0.199. The van der Waals surface area contributed by atoms with Crippen molar-refractivity contribution in [2.75, 3.05) is 5.32 Å². The third-order valence-corrected chi connectivity index (χ3v) is 2.92. The molecule has 0 saturated heterocycles. The molecule has 0 unspecified atom stereocenters. The van der Waals surface area contributed by atoms with Gasteiger partial charge < -0.3 is 5.32 Å². The van der Waals surface area contributed by atoms with Gasteiger partial charge in [0.15, 0.2) is 0 Å². The number of benzene rings is 1. The summed E-state index contributed by atoms with van der Waals surface area (Å²) in [5.74, 6) is -0.199. The number of nitrogens with one attached hydrogen (secondary N) is 1. The van der Waals surface area contributed by atoms with E-state index in [9.17, 15) is 4.39 Å². The highest BCUT2D eigenvalue weighted by molar-refractivity contribution is 5.40. The molecule has 1 heterocycles. The molecule has 0 fully saturated rings. The number of halogens is 1. The molecule has 1 N–H and O–H groups in total. The highest BCUT2D eigenvalue weighted by atomic mass is 19.1. The maximum absolute atomic E-state index is 13.1. The number of aryl methyl sites for hydroxylation is 1. The van der Waals surface area contributed by atoms with Crippen LogP contribution in [0.2, 0.25) is 0 Å². The Morgan fingerprint density at radius 2 is 2.17 bits per heavy atom. The molecular formula is C14H18FN3. The van der Waals surface area contributed by atoms with E-state index in [1.807, 2.05) is 17.8 Å². The van der Waals surface area contributed by atoms with E-state index in [0.29, 0.717) is 12.6 Å². The topological polar surface area (TPSA) is 29.9 Å². The van der Waals surface area contributed by atoms with Gasteiger partial charge in [0.2, 0.25) is 0 Å². The number of hydrogen-bond acceptors (Lipinski definition) is 2. The first-order chi connectivity index (χ1) is 8.56. The lowest BCUT2D eigenvalue weighted by Gasteiger charge is -2.07. The Balaban J connectivity index is 2.04. The zero-order valence-corrected chi connectivity index (χ0v) is 10.9. The van der Waals surface area contributed by atoms with Gasteiger partial charge in [0.25, 0.3) is 0 Å². The molecule has 1 aromatic heterocycles. The molecular weight excluding hydrogens is 229 g/mol. The van der Waals surface area contributed by atoms with Crippen molar-refractivity contribution in [3.8, 4) is 0 Å². The van der Waals surface area contributed by atoms with E-state index in [-0.39, 0.29) is 5.82 Å². The van der Waals surface area contributed by atoms with Crippen molar-refractivity contribution in [3.05, 3.63) is 47.5 Å². The van der Waals surface area contributed by atoms with Crippen LogP contribution in [0.5, 0.6) is 0 Å². The van der Waals surface area contributed by atoms with Gasteiger partial charge in [0.05, 0.1) is 11.9 Å². The minimum Gasteiger partial charge on any atom is -0.378 e. The Kier molecular flexibility index (Phi) is 3.65. The lowest BCUT2D eigenvalue weighted by atomic mass is 10.1. The van der Waals surface area contributed by atoms with E-state index in [1.54, 1.807) is 18.3 Å². The third-order valence-electron chi connectivity index (χ3n) is 2.92. The highest BCUT2D eigenvalue weighted by Gasteiger charge is 2.03. The van der Waals surface area contributed by atoms with Crippen molar-refractivity contribution in [1.29, 1.82) is 0 Å². The van der Waals surface area contributed by atoms with Crippen molar-refractivity contribution in [1.82, 2.24) is 9.78 Å². The Morgan fingerprint density at radius 1 is 1.39 bits per heavy atom. The molecule has 0 aliphatic rings. The Morgan fingerprint density at radius 3 is 2.83 bits per heavy atom. The average Bonchev–Trinajstić information content (AvgIpc) is 2.79. The summed E-state index contributed by atoms with van der Waals surface area (Å²) >= 11 is 0. The number of rotatable bonds is 4. The van der Waals surface area contributed by atoms with Crippen LogP contribution in [0.25, 0.3) is 0 Å². The largest absolute Gasteiger partial charge is 0.378 e. The van der Waals surface area contributed by atoms with Crippen LogP contribution >= 0.6 is 0 Å². The van der Waals surface area contributed by atoms with Crippen LogP contribution < -0.4 is 5.32 Å². The van der Waals surface area contributed by atoms with Crippen LogP contribution in [0.4, 0.5) is 10.1 Å². The van der Waals surface area contributed by atoms with E-state index in [4.69, 9.17) is 0 Å². The Bertz CT molecular complexity index is 532. The molecule has 2 rings (SSSR count). The molecule has 96 valence electrons. The fourth-order valence-corrected chi connectivity index (χ4v) is 1.74. The van der Waals surface area contributed by atoms with Gasteiger partial charge in [-0.05, 0) is 44.0 Å². The second-order valence-corrected chi connectivity index (χ2v) is 4.73. The number of aromatic nitrogens is 2. The minimum absolute atomic E-state index is 0.199. The fourth-order valence-electron chi connectivity index (χ4n) is 1.74.